The number of rotatable bonds is 6. The Bertz CT molecular complexity index is 1230. The Balaban J connectivity index is 1.59. The monoisotopic (exact) mass is 452 g/mol. The third-order valence-electron chi connectivity index (χ3n) is 5.73. The molecule has 1 heterocycles. The molecule has 0 aromatic heterocycles. The molecule has 1 atom stereocenters. The summed E-state index contributed by atoms with van der Waals surface area (Å²) in [6, 6.07) is 19.6. The van der Waals surface area contributed by atoms with Crippen LogP contribution in [0.2, 0.25) is 0 Å². The Morgan fingerprint density at radius 3 is 2.56 bits per heavy atom. The van der Waals surface area contributed by atoms with E-state index >= 15 is 0 Å². The van der Waals surface area contributed by atoms with Crippen molar-refractivity contribution in [3.05, 3.63) is 101 Å². The Kier molecular flexibility index (Phi) is 6.39. The number of nitrogens with zero attached hydrogens (tertiary/aromatic N) is 1. The summed E-state index contributed by atoms with van der Waals surface area (Å²) in [4.78, 5) is 12.9. The van der Waals surface area contributed by atoms with E-state index in [2.05, 4.69) is 5.32 Å². The number of carbonyl (C=O) groups excluding carboxylic acids is 1. The second kappa shape index (κ2) is 9.22. The molecule has 32 heavy (non-hydrogen) atoms. The van der Waals surface area contributed by atoms with Crippen LogP contribution < -0.4 is 5.32 Å². The molecule has 1 aliphatic heterocycles. The fraction of sp³-hybridized carbons (Fsp3) is 0.240. The zero-order chi connectivity index (χ0) is 22.7. The van der Waals surface area contributed by atoms with Crippen LogP contribution in [0.15, 0.2) is 77.7 Å². The van der Waals surface area contributed by atoms with E-state index in [4.69, 9.17) is 0 Å². The first-order chi connectivity index (χ1) is 15.3. The highest BCUT2D eigenvalue weighted by molar-refractivity contribution is 7.89. The molecule has 1 aliphatic rings. The zero-order valence-electron chi connectivity index (χ0n) is 17.8. The summed E-state index contributed by atoms with van der Waals surface area (Å²) in [5, 5.41) is 2.91. The molecule has 1 N–H and O–H groups in total. The number of hydrogen-bond donors (Lipinski definition) is 1. The first-order valence-electron chi connectivity index (χ1n) is 10.5. The van der Waals surface area contributed by atoms with Crippen LogP contribution in [0.25, 0.3) is 0 Å². The van der Waals surface area contributed by atoms with Gasteiger partial charge in [0.15, 0.2) is 0 Å². The smallest absolute Gasteiger partial charge is 0.243 e. The highest BCUT2D eigenvalue weighted by atomic mass is 32.2. The summed E-state index contributed by atoms with van der Waals surface area (Å²) in [6.07, 6.45) is 0.557. The number of fused-ring (bicyclic) bond motifs is 1. The zero-order valence-corrected chi connectivity index (χ0v) is 18.6. The average Bonchev–Trinajstić information content (AvgIpc) is 2.78. The summed E-state index contributed by atoms with van der Waals surface area (Å²) >= 11 is 0. The van der Waals surface area contributed by atoms with Crippen LogP contribution in [0.1, 0.15) is 34.7 Å². The molecule has 166 valence electrons. The molecule has 1 unspecified atom stereocenters. The van der Waals surface area contributed by atoms with Gasteiger partial charge in [-0.3, -0.25) is 4.79 Å². The van der Waals surface area contributed by atoms with E-state index in [1.165, 1.54) is 16.4 Å². The summed E-state index contributed by atoms with van der Waals surface area (Å²) in [5.74, 6) is -0.729. The molecule has 0 bridgehead atoms. The van der Waals surface area contributed by atoms with Gasteiger partial charge >= 0.3 is 0 Å². The number of halogens is 1. The van der Waals surface area contributed by atoms with Crippen LogP contribution in [0, 0.1) is 12.7 Å². The van der Waals surface area contributed by atoms with Gasteiger partial charge in [0, 0.05) is 19.5 Å². The number of carbonyl (C=O) groups is 1. The number of benzene rings is 3. The van der Waals surface area contributed by atoms with E-state index in [1.807, 2.05) is 55.5 Å². The third kappa shape index (κ3) is 4.74. The van der Waals surface area contributed by atoms with Crippen LogP contribution in [0.3, 0.4) is 0 Å². The van der Waals surface area contributed by atoms with E-state index < -0.39 is 21.9 Å². The summed E-state index contributed by atoms with van der Waals surface area (Å²) < 4.78 is 41.5. The first kappa shape index (κ1) is 22.2. The fourth-order valence-corrected chi connectivity index (χ4v) is 5.75. The van der Waals surface area contributed by atoms with Gasteiger partial charge in [-0.15, -0.1) is 0 Å². The van der Waals surface area contributed by atoms with E-state index in [-0.39, 0.29) is 23.8 Å². The van der Waals surface area contributed by atoms with Gasteiger partial charge in [0.25, 0.3) is 0 Å². The van der Waals surface area contributed by atoms with Crippen LogP contribution in [0.5, 0.6) is 0 Å². The van der Waals surface area contributed by atoms with Crippen molar-refractivity contribution in [3.8, 4) is 0 Å². The van der Waals surface area contributed by atoms with Crippen LogP contribution in [-0.2, 0) is 27.8 Å². The first-order valence-corrected chi connectivity index (χ1v) is 12.0. The normalized spacial score (nSPS) is 16.4. The lowest BCUT2D eigenvalue weighted by molar-refractivity contribution is -0.122. The number of hydrogen-bond acceptors (Lipinski definition) is 3. The molecular weight excluding hydrogens is 427 g/mol. The highest BCUT2D eigenvalue weighted by Gasteiger charge is 2.37. The van der Waals surface area contributed by atoms with Crippen molar-refractivity contribution in [2.24, 2.45) is 0 Å². The van der Waals surface area contributed by atoms with Gasteiger partial charge in [-0.05, 0) is 54.3 Å². The predicted molar refractivity (Wildman–Crippen MR) is 121 cm³/mol. The van der Waals surface area contributed by atoms with E-state index in [1.54, 1.807) is 0 Å². The molecule has 7 heteroatoms. The van der Waals surface area contributed by atoms with Gasteiger partial charge in [-0.25, -0.2) is 12.8 Å². The summed E-state index contributed by atoms with van der Waals surface area (Å²) in [5.41, 5.74) is 3.96. The minimum atomic E-state index is -3.90. The Morgan fingerprint density at radius 1 is 1.06 bits per heavy atom. The second-order valence-corrected chi connectivity index (χ2v) is 9.89. The quantitative estimate of drug-likeness (QED) is 0.612. The number of sulfonamides is 1. The maximum Gasteiger partial charge on any atom is 0.243 e. The molecule has 4 rings (SSSR count). The van der Waals surface area contributed by atoms with E-state index in [0.717, 1.165) is 34.4 Å². The van der Waals surface area contributed by atoms with Crippen molar-refractivity contribution >= 4 is 15.9 Å². The lowest BCUT2D eigenvalue weighted by atomic mass is 9.92. The van der Waals surface area contributed by atoms with Crippen molar-refractivity contribution in [2.75, 3.05) is 6.54 Å². The maximum absolute atomic E-state index is 13.4. The highest BCUT2D eigenvalue weighted by Crippen LogP contribution is 2.36. The number of nitrogens with one attached hydrogen (secondary N) is 1. The van der Waals surface area contributed by atoms with Gasteiger partial charge in [0.2, 0.25) is 15.9 Å². The molecule has 0 spiro atoms. The minimum absolute atomic E-state index is 0.00323. The molecule has 1 amide bonds. The van der Waals surface area contributed by atoms with Crippen molar-refractivity contribution < 1.29 is 17.6 Å². The van der Waals surface area contributed by atoms with Gasteiger partial charge in [0.1, 0.15) is 5.82 Å². The van der Waals surface area contributed by atoms with Crippen molar-refractivity contribution in [1.82, 2.24) is 9.62 Å². The Labute approximate surface area is 187 Å². The van der Waals surface area contributed by atoms with Crippen LogP contribution >= 0.6 is 0 Å². The van der Waals surface area contributed by atoms with Crippen LogP contribution in [-0.4, -0.2) is 25.2 Å². The molecule has 0 saturated carbocycles. The summed E-state index contributed by atoms with van der Waals surface area (Å²) in [7, 11) is -3.90. The lowest BCUT2D eigenvalue weighted by Crippen LogP contribution is -2.42. The summed E-state index contributed by atoms with van der Waals surface area (Å²) in [6.45, 7) is 2.62. The SMILES string of the molecule is Cc1cccc(CNC(=O)CC2c3ccccc3CCN2S(=O)(=O)c2ccc(F)cc2)c1. The minimum Gasteiger partial charge on any atom is -0.352 e. The average molecular weight is 453 g/mol. The fourth-order valence-electron chi connectivity index (χ4n) is 4.14. The van der Waals surface area contributed by atoms with E-state index in [9.17, 15) is 17.6 Å². The predicted octanol–water partition coefficient (Wildman–Crippen LogP) is 4.13. The topological polar surface area (TPSA) is 66.5 Å². The van der Waals surface area contributed by atoms with Gasteiger partial charge < -0.3 is 5.32 Å². The number of aryl methyl sites for hydroxylation is 1. The maximum atomic E-state index is 13.4. The van der Waals surface area contributed by atoms with Gasteiger partial charge in [-0.1, -0.05) is 54.1 Å². The van der Waals surface area contributed by atoms with E-state index in [0.29, 0.717) is 13.0 Å². The van der Waals surface area contributed by atoms with Gasteiger partial charge in [0.05, 0.1) is 10.9 Å². The Hall–Kier alpha value is -3.03. The molecule has 5 nitrogen and oxygen atoms in total. The number of amides is 1. The molecule has 0 aliphatic carbocycles. The van der Waals surface area contributed by atoms with Crippen molar-refractivity contribution in [3.63, 3.8) is 0 Å². The lowest BCUT2D eigenvalue weighted by Gasteiger charge is -2.36. The third-order valence-corrected chi connectivity index (χ3v) is 7.66. The van der Waals surface area contributed by atoms with Crippen molar-refractivity contribution in [2.45, 2.75) is 37.2 Å². The van der Waals surface area contributed by atoms with Crippen LogP contribution in [0.4, 0.5) is 4.39 Å². The second-order valence-electron chi connectivity index (χ2n) is 8.00. The largest absolute Gasteiger partial charge is 0.352 e. The molecule has 3 aromatic rings. The molecule has 0 saturated heterocycles. The molecular formula is C25H25FN2O3S. The molecule has 3 aromatic carbocycles. The van der Waals surface area contributed by atoms with Gasteiger partial charge in [-0.2, -0.15) is 4.31 Å². The molecule has 0 radical (unpaired) electrons. The Morgan fingerprint density at radius 2 is 1.81 bits per heavy atom. The standard InChI is InChI=1S/C25H25FN2O3S/c1-18-5-4-6-19(15-18)17-27-25(29)16-24-23-8-3-2-7-20(23)13-14-28(24)32(30,31)22-11-9-21(26)10-12-22/h2-12,15,24H,13-14,16-17H2,1H3,(H,27,29). The van der Waals surface area contributed by atoms with Crippen molar-refractivity contribution in [1.29, 1.82) is 0 Å². The molecule has 0 fully saturated rings.